The Kier molecular flexibility index (Phi) is 9.17. The van der Waals surface area contributed by atoms with Crippen LogP contribution in [0.4, 0.5) is 5.69 Å². The van der Waals surface area contributed by atoms with E-state index < -0.39 is 14.3 Å². The van der Waals surface area contributed by atoms with Gasteiger partial charge in [-0.25, -0.2) is 0 Å². The van der Waals surface area contributed by atoms with Gasteiger partial charge in [-0.15, -0.1) is 0 Å². The molecule has 5 heteroatoms. The van der Waals surface area contributed by atoms with Crippen LogP contribution in [0.2, 0.25) is 0 Å². The number of carbonyl (C=O) groups is 1. The number of amides is 1. The van der Waals surface area contributed by atoms with Crippen LogP contribution in [0.15, 0.2) is 121 Å². The molecule has 1 radical (unpaired) electrons. The van der Waals surface area contributed by atoms with Gasteiger partial charge in [-0.05, 0) is 12.1 Å². The van der Waals surface area contributed by atoms with E-state index in [1.54, 1.807) is 12.1 Å². The topological polar surface area (TPSA) is 20.3 Å². The maximum atomic E-state index is 11.2. The van der Waals surface area contributed by atoms with Crippen molar-refractivity contribution >= 4 is 68.3 Å². The number of para-hydroxylation sites is 1. The minimum absolute atomic E-state index is 0.152. The molecule has 1 amide bonds. The third-order valence-electron chi connectivity index (χ3n) is 4.70. The summed E-state index contributed by atoms with van der Waals surface area (Å²) in [7, 11) is 0. The van der Waals surface area contributed by atoms with Crippen molar-refractivity contribution in [2.75, 3.05) is 4.90 Å². The van der Waals surface area contributed by atoms with Crippen molar-refractivity contribution in [2.24, 2.45) is 0 Å². The molecule has 0 fully saturated rings. The number of thiocarbonyl (C=S) groups is 1. The van der Waals surface area contributed by atoms with Gasteiger partial charge in [0.25, 0.3) is 0 Å². The second-order valence-electron chi connectivity index (χ2n) is 6.93. The van der Waals surface area contributed by atoms with Gasteiger partial charge in [0, 0.05) is 12.6 Å². The number of hydrogen-bond donors (Lipinski definition) is 0. The molecule has 4 rings (SSSR count). The predicted octanol–water partition coefficient (Wildman–Crippen LogP) is 4.07. The first kappa shape index (κ1) is 23.9. The Morgan fingerprint density at radius 3 is 1.25 bits per heavy atom. The van der Waals surface area contributed by atoms with Gasteiger partial charge in [-0.3, -0.25) is 4.79 Å². The Balaban J connectivity index is 0.000000195. The summed E-state index contributed by atoms with van der Waals surface area (Å²) >= 11 is 7.96. The monoisotopic (exact) mass is 515 g/mol. The molecule has 0 aliphatic rings. The number of nitrogens with zero attached hydrogens (tertiary/aromatic N) is 1. The molecule has 0 aliphatic heterocycles. The Bertz CT molecular complexity index is 1020. The number of hydrogen-bond acceptors (Lipinski definition) is 3. The maximum absolute atomic E-state index is 11.2. The molecule has 2 nitrogen and oxygen atoms in total. The molecule has 0 bridgehead atoms. The molecule has 0 spiro atoms. The molecule has 0 saturated carbocycles. The normalized spacial score (nSPS) is 10.1. The summed E-state index contributed by atoms with van der Waals surface area (Å²) < 4.78 is 4.65. The van der Waals surface area contributed by atoms with Crippen LogP contribution in [0.5, 0.6) is 0 Å². The van der Waals surface area contributed by atoms with Crippen LogP contribution in [0, 0.1) is 0 Å². The van der Waals surface area contributed by atoms with E-state index >= 15 is 0 Å². The van der Waals surface area contributed by atoms with E-state index in [1.165, 1.54) is 25.0 Å². The summed E-state index contributed by atoms with van der Waals surface area (Å²) in [5, 5.41) is 0. The van der Waals surface area contributed by atoms with Crippen LogP contribution in [-0.2, 0) is 17.4 Å². The molecule has 32 heavy (non-hydrogen) atoms. The van der Waals surface area contributed by atoms with Crippen molar-refractivity contribution in [1.29, 1.82) is 0 Å². The van der Waals surface area contributed by atoms with Crippen LogP contribution in [0.3, 0.4) is 0 Å². The average Bonchev–Trinajstić information content (AvgIpc) is 2.82. The van der Waals surface area contributed by atoms with Crippen molar-refractivity contribution in [2.45, 2.75) is 6.92 Å². The zero-order valence-electron chi connectivity index (χ0n) is 17.7. The Morgan fingerprint density at radius 1 is 0.656 bits per heavy atom. The molecule has 4 aromatic carbocycles. The minimum atomic E-state index is -1.63. The van der Waals surface area contributed by atoms with E-state index in [0.717, 1.165) is 5.69 Å². The Labute approximate surface area is 205 Å². The van der Waals surface area contributed by atoms with Crippen molar-refractivity contribution in [3.05, 3.63) is 121 Å². The standard InChI is InChI=1S/C18H15Ge.C9H9NOS2/c1-4-10-16(11-5-1)19(17-12-6-2-7-13-17)18-14-8-3-9-15-18;1-7(11)10(9(12)13)8-5-3-2-4-6-8/h1-15H;2-6H,1H3,(H,12,13)/p-1. The molecule has 0 atom stereocenters. The zero-order valence-corrected chi connectivity index (χ0v) is 21.5. The Morgan fingerprint density at radius 2 is 0.969 bits per heavy atom. The van der Waals surface area contributed by atoms with Gasteiger partial charge in [-0.2, -0.15) is 0 Å². The first-order chi connectivity index (χ1) is 15.6. The van der Waals surface area contributed by atoms with Crippen molar-refractivity contribution in [1.82, 2.24) is 0 Å². The molecule has 0 N–H and O–H groups in total. The van der Waals surface area contributed by atoms with E-state index in [4.69, 9.17) is 24.8 Å². The quantitative estimate of drug-likeness (QED) is 0.233. The molecule has 4 aromatic rings. The number of benzene rings is 4. The van der Waals surface area contributed by atoms with E-state index in [2.05, 4.69) is 91.0 Å². The van der Waals surface area contributed by atoms with Gasteiger partial charge in [0.15, 0.2) is 0 Å². The molecular formula is C27H23GeNOS2-. The number of carbonyl (C=O) groups excluding carboxylic acids is 1. The second-order valence-corrected chi connectivity index (χ2v) is 13.2. The number of rotatable bonds is 4. The summed E-state index contributed by atoms with van der Waals surface area (Å²) in [5.74, 6) is -0.161. The molecule has 159 valence electrons. The van der Waals surface area contributed by atoms with Crippen molar-refractivity contribution in [3.8, 4) is 0 Å². The van der Waals surface area contributed by atoms with Gasteiger partial charge in [0.05, 0.1) is 0 Å². The van der Waals surface area contributed by atoms with Crippen molar-refractivity contribution < 1.29 is 4.79 Å². The van der Waals surface area contributed by atoms with E-state index in [-0.39, 0.29) is 10.2 Å². The van der Waals surface area contributed by atoms with Crippen LogP contribution >= 0.6 is 12.2 Å². The Hall–Kier alpha value is -2.80. The first-order valence-electron chi connectivity index (χ1n) is 10.2. The van der Waals surface area contributed by atoms with E-state index in [9.17, 15) is 4.79 Å². The van der Waals surface area contributed by atoms with Crippen LogP contribution in [-0.4, -0.2) is 24.6 Å². The fourth-order valence-electron chi connectivity index (χ4n) is 3.31. The summed E-state index contributed by atoms with van der Waals surface area (Å²) in [6.07, 6.45) is 0. The van der Waals surface area contributed by atoms with Gasteiger partial charge < -0.3 is 29.7 Å². The third-order valence-corrected chi connectivity index (χ3v) is 10.8. The second kappa shape index (κ2) is 12.3. The fourth-order valence-corrected chi connectivity index (χ4v) is 9.18. The van der Waals surface area contributed by atoms with Gasteiger partial charge in [0.2, 0.25) is 5.91 Å². The molecule has 0 aromatic heterocycles. The summed E-state index contributed by atoms with van der Waals surface area (Å²) in [6.45, 7) is 1.44. The van der Waals surface area contributed by atoms with Gasteiger partial charge >= 0.3 is 119 Å². The SMILES string of the molecule is CC(=O)N(C(=S)[S-])c1ccccc1.c1cc[c]([Ge]([c]2ccccc2)[c]2ccccc2)cc1. The zero-order chi connectivity index (χ0) is 22.8. The molecular weight excluding hydrogens is 491 g/mol. The molecule has 0 saturated heterocycles. The summed E-state index contributed by atoms with van der Waals surface area (Å²) in [4.78, 5) is 12.5. The van der Waals surface area contributed by atoms with Crippen LogP contribution in [0.25, 0.3) is 0 Å². The van der Waals surface area contributed by atoms with Gasteiger partial charge in [0.1, 0.15) is 0 Å². The first-order valence-corrected chi connectivity index (χ1v) is 14.1. The van der Waals surface area contributed by atoms with E-state index in [0.29, 0.717) is 0 Å². The average molecular weight is 514 g/mol. The van der Waals surface area contributed by atoms with Gasteiger partial charge in [-0.1, -0.05) is 22.5 Å². The van der Waals surface area contributed by atoms with Crippen LogP contribution in [0.1, 0.15) is 6.92 Å². The molecule has 0 heterocycles. The predicted molar refractivity (Wildman–Crippen MR) is 144 cm³/mol. The van der Waals surface area contributed by atoms with Crippen molar-refractivity contribution in [3.63, 3.8) is 0 Å². The third kappa shape index (κ3) is 6.60. The summed E-state index contributed by atoms with van der Waals surface area (Å²) in [5.41, 5.74) is 0.718. The van der Waals surface area contributed by atoms with Crippen LogP contribution < -0.4 is 18.1 Å². The number of anilines is 1. The molecule has 0 aliphatic carbocycles. The summed E-state index contributed by atoms with van der Waals surface area (Å²) in [6, 6.07) is 41.9. The van der Waals surface area contributed by atoms with E-state index in [1.807, 2.05) is 18.2 Å². The molecule has 0 unspecified atom stereocenters. The fraction of sp³-hybridized carbons (Fsp3) is 0.0370.